The number of rotatable bonds is 0. The Hall–Kier alpha value is 0.350. The molecule has 1 unspecified atom stereocenters. The van der Waals surface area contributed by atoms with Crippen molar-refractivity contribution in [3.05, 3.63) is 0 Å². The molecule has 0 nitrogen and oxygen atoms in total. The lowest BCUT2D eigenvalue weighted by Gasteiger charge is -2.22. The van der Waals surface area contributed by atoms with E-state index in [2.05, 4.69) is 12.6 Å². The van der Waals surface area contributed by atoms with Gasteiger partial charge in [-0.3, -0.25) is 0 Å². The van der Waals surface area contributed by atoms with Gasteiger partial charge in [0.05, 0.1) is 0 Å². The molecule has 1 atom stereocenters. The van der Waals surface area contributed by atoms with Crippen LogP contribution in [0.2, 0.25) is 0 Å². The first-order valence-electron chi connectivity index (χ1n) is 3.04. The van der Waals surface area contributed by atoms with Gasteiger partial charge in [-0.2, -0.15) is 12.6 Å². The van der Waals surface area contributed by atoms with Crippen LogP contribution >= 0.6 is 12.6 Å². The van der Waals surface area contributed by atoms with Crippen LogP contribution in [0.4, 0.5) is 0 Å². The first-order chi connectivity index (χ1) is 3.36. The van der Waals surface area contributed by atoms with Gasteiger partial charge >= 0.3 is 0 Å². The highest BCUT2D eigenvalue weighted by Crippen LogP contribution is 2.50. The molecule has 1 heteroatoms. The first kappa shape index (κ1) is 4.25. The molecule has 0 N–H and O–H groups in total. The van der Waals surface area contributed by atoms with Gasteiger partial charge in [0.25, 0.3) is 0 Å². The topological polar surface area (TPSA) is 0 Å². The summed E-state index contributed by atoms with van der Waals surface area (Å²) in [5, 5.41) is 0.782. The van der Waals surface area contributed by atoms with Gasteiger partial charge in [0, 0.05) is 5.25 Å². The van der Waals surface area contributed by atoms with Gasteiger partial charge in [0.1, 0.15) is 0 Å². The maximum Gasteiger partial charge on any atom is 0.00479 e. The molecule has 0 radical (unpaired) electrons. The Morgan fingerprint density at radius 2 is 1.86 bits per heavy atom. The van der Waals surface area contributed by atoms with Crippen molar-refractivity contribution in [2.75, 3.05) is 0 Å². The Labute approximate surface area is 49.7 Å². The third-order valence-electron chi connectivity index (χ3n) is 2.39. The van der Waals surface area contributed by atoms with Crippen LogP contribution in [-0.2, 0) is 0 Å². The van der Waals surface area contributed by atoms with Crippen LogP contribution in [0.5, 0.6) is 0 Å². The monoisotopic (exact) mass is 114 g/mol. The van der Waals surface area contributed by atoms with Gasteiger partial charge in [0.15, 0.2) is 0 Å². The quantitative estimate of drug-likeness (QED) is 0.455. The van der Waals surface area contributed by atoms with Crippen molar-refractivity contribution in [2.24, 2.45) is 11.8 Å². The molecular formula is C6H10S. The summed E-state index contributed by atoms with van der Waals surface area (Å²) in [6.07, 6.45) is 4.40. The number of fused-ring (bicyclic) bond motifs is 1. The maximum absolute atomic E-state index is 4.43. The molecule has 0 amide bonds. The van der Waals surface area contributed by atoms with Crippen LogP contribution in [0.25, 0.3) is 0 Å². The van der Waals surface area contributed by atoms with Gasteiger partial charge in [-0.05, 0) is 31.1 Å². The van der Waals surface area contributed by atoms with E-state index in [-0.39, 0.29) is 0 Å². The van der Waals surface area contributed by atoms with Crippen LogP contribution < -0.4 is 0 Å². The third kappa shape index (κ3) is 0.449. The number of hydrogen-bond acceptors (Lipinski definition) is 1. The molecule has 0 aliphatic heterocycles. The lowest BCUT2D eigenvalue weighted by Crippen LogP contribution is -2.13. The van der Waals surface area contributed by atoms with Gasteiger partial charge in [-0.15, -0.1) is 0 Å². The molecule has 0 aromatic rings. The summed E-state index contributed by atoms with van der Waals surface area (Å²) >= 11 is 4.43. The van der Waals surface area contributed by atoms with E-state index in [0.717, 1.165) is 17.1 Å². The molecule has 0 spiro atoms. The Balaban J connectivity index is 2.13. The third-order valence-corrected chi connectivity index (χ3v) is 3.02. The van der Waals surface area contributed by atoms with Gasteiger partial charge in [-0.1, -0.05) is 0 Å². The molecule has 3 aliphatic rings. The average molecular weight is 114 g/mol. The fraction of sp³-hybridized carbons (Fsp3) is 1.00. The van der Waals surface area contributed by atoms with Crippen LogP contribution in [0.3, 0.4) is 0 Å². The van der Waals surface area contributed by atoms with Crippen LogP contribution in [0.15, 0.2) is 0 Å². The Morgan fingerprint density at radius 1 is 1.14 bits per heavy atom. The predicted molar refractivity (Wildman–Crippen MR) is 33.6 cm³/mol. The average Bonchev–Trinajstić information content (AvgIpc) is 1.85. The highest BCUT2D eigenvalue weighted by atomic mass is 32.1. The molecular weight excluding hydrogens is 104 g/mol. The second-order valence-corrected chi connectivity index (χ2v) is 3.56. The molecule has 40 valence electrons. The lowest BCUT2D eigenvalue weighted by molar-refractivity contribution is 0.306. The summed E-state index contributed by atoms with van der Waals surface area (Å²) < 4.78 is 0. The maximum atomic E-state index is 4.43. The van der Waals surface area contributed by atoms with Crippen LogP contribution in [0.1, 0.15) is 19.3 Å². The van der Waals surface area contributed by atoms with Crippen molar-refractivity contribution in [1.29, 1.82) is 0 Å². The van der Waals surface area contributed by atoms with E-state index in [9.17, 15) is 0 Å². The minimum absolute atomic E-state index is 0.782. The van der Waals surface area contributed by atoms with E-state index in [4.69, 9.17) is 0 Å². The Kier molecular flexibility index (Phi) is 0.724. The summed E-state index contributed by atoms with van der Waals surface area (Å²) in [6, 6.07) is 0. The van der Waals surface area contributed by atoms with Gasteiger partial charge in [-0.25, -0.2) is 0 Å². The Morgan fingerprint density at radius 3 is 2.00 bits per heavy atom. The van der Waals surface area contributed by atoms with E-state index < -0.39 is 0 Å². The molecule has 0 aromatic carbocycles. The van der Waals surface area contributed by atoms with E-state index in [1.807, 2.05) is 0 Å². The fourth-order valence-electron chi connectivity index (χ4n) is 1.83. The van der Waals surface area contributed by atoms with Crippen LogP contribution in [-0.4, -0.2) is 5.25 Å². The van der Waals surface area contributed by atoms with Crippen molar-refractivity contribution in [3.63, 3.8) is 0 Å². The largest absolute Gasteiger partial charge is 0.176 e. The molecule has 7 heavy (non-hydrogen) atoms. The molecule has 3 aliphatic carbocycles. The molecule has 3 rings (SSSR count). The lowest BCUT2D eigenvalue weighted by atomic mass is 9.85. The second-order valence-electron chi connectivity index (χ2n) is 2.90. The SMILES string of the molecule is SC1CC2CC1C2. The molecule has 3 fully saturated rings. The molecule has 3 saturated carbocycles. The van der Waals surface area contributed by atoms with Crippen molar-refractivity contribution < 1.29 is 0 Å². The zero-order valence-electron chi connectivity index (χ0n) is 4.30. The minimum Gasteiger partial charge on any atom is -0.176 e. The molecule has 0 aromatic heterocycles. The van der Waals surface area contributed by atoms with Gasteiger partial charge in [0.2, 0.25) is 0 Å². The van der Waals surface area contributed by atoms with Crippen LogP contribution in [0, 0.1) is 11.8 Å². The van der Waals surface area contributed by atoms with Crippen molar-refractivity contribution in [3.8, 4) is 0 Å². The first-order valence-corrected chi connectivity index (χ1v) is 3.56. The Bertz CT molecular complexity index is 84.2. The minimum atomic E-state index is 0.782. The smallest absolute Gasteiger partial charge is 0.00479 e. The van der Waals surface area contributed by atoms with E-state index in [1.165, 1.54) is 19.3 Å². The summed E-state index contributed by atoms with van der Waals surface area (Å²) in [5.74, 6) is 2.11. The van der Waals surface area contributed by atoms with Crippen molar-refractivity contribution >= 4 is 12.6 Å². The summed E-state index contributed by atoms with van der Waals surface area (Å²) in [7, 11) is 0. The van der Waals surface area contributed by atoms with E-state index >= 15 is 0 Å². The molecule has 2 bridgehead atoms. The highest BCUT2D eigenvalue weighted by Gasteiger charge is 2.42. The van der Waals surface area contributed by atoms with E-state index in [0.29, 0.717) is 0 Å². The normalized spacial score (nSPS) is 57.0. The highest BCUT2D eigenvalue weighted by molar-refractivity contribution is 7.81. The standard InChI is InChI=1S/C6H10S/c7-6-3-4-1-5(6)2-4/h4-7H,1-3H2. The fourth-order valence-corrected chi connectivity index (χ4v) is 2.37. The molecule has 0 saturated heterocycles. The second kappa shape index (κ2) is 1.19. The summed E-state index contributed by atoms with van der Waals surface area (Å²) in [6.45, 7) is 0. The zero-order valence-corrected chi connectivity index (χ0v) is 5.20. The predicted octanol–water partition coefficient (Wildman–Crippen LogP) is 1.71. The van der Waals surface area contributed by atoms with Crippen molar-refractivity contribution in [2.45, 2.75) is 24.5 Å². The van der Waals surface area contributed by atoms with Gasteiger partial charge < -0.3 is 0 Å². The van der Waals surface area contributed by atoms with E-state index in [1.54, 1.807) is 0 Å². The zero-order chi connectivity index (χ0) is 4.85. The molecule has 0 heterocycles. The summed E-state index contributed by atoms with van der Waals surface area (Å²) in [5.41, 5.74) is 0. The van der Waals surface area contributed by atoms with Crippen molar-refractivity contribution in [1.82, 2.24) is 0 Å². The number of hydrogen-bond donors (Lipinski definition) is 1. The summed E-state index contributed by atoms with van der Waals surface area (Å²) in [4.78, 5) is 0. The number of thiol groups is 1.